The first-order valence-corrected chi connectivity index (χ1v) is 13.3. The minimum atomic E-state index is -3.82. The molecule has 3 rings (SSSR count). The van der Waals surface area contributed by atoms with Crippen LogP contribution in [0.2, 0.25) is 0 Å². The summed E-state index contributed by atoms with van der Waals surface area (Å²) in [5.74, 6) is 5.38. The van der Waals surface area contributed by atoms with Gasteiger partial charge >= 0.3 is 10.2 Å². The second-order valence-corrected chi connectivity index (χ2v) is 10.4. The molecule has 0 aromatic carbocycles. The lowest BCUT2D eigenvalue weighted by atomic mass is 10.4. The van der Waals surface area contributed by atoms with Gasteiger partial charge in [0.05, 0.1) is 18.0 Å². The summed E-state index contributed by atoms with van der Waals surface area (Å²) in [5.41, 5.74) is 0.871. The third-order valence-corrected chi connectivity index (χ3v) is 6.69. The smallest absolute Gasteiger partial charge is 0.367 e. The maximum atomic E-state index is 11.7. The van der Waals surface area contributed by atoms with E-state index in [-0.39, 0.29) is 11.7 Å². The highest BCUT2D eigenvalue weighted by atomic mass is 32.2. The Morgan fingerprint density at radius 3 is 2.23 bits per heavy atom. The average molecular weight is 487 g/mol. The van der Waals surface area contributed by atoms with Gasteiger partial charge in [0.1, 0.15) is 17.8 Å². The number of hydrogen-bond donors (Lipinski definition) is 2. The molecule has 2 aromatic rings. The van der Waals surface area contributed by atoms with Crippen molar-refractivity contribution in [3.05, 3.63) is 41.7 Å². The Morgan fingerprint density at radius 1 is 0.968 bits per heavy atom. The van der Waals surface area contributed by atoms with Crippen LogP contribution in [0.25, 0.3) is 0 Å². The van der Waals surface area contributed by atoms with Crippen LogP contribution in [-0.2, 0) is 28.3 Å². The molecule has 0 bridgehead atoms. The first kappa shape index (κ1) is 23.7. The third kappa shape index (κ3) is 8.24. The van der Waals surface area contributed by atoms with Crippen LogP contribution in [-0.4, -0.2) is 68.8 Å². The molecule has 10 nitrogen and oxygen atoms in total. The second-order valence-electron chi connectivity index (χ2n) is 6.88. The van der Waals surface area contributed by atoms with Gasteiger partial charge in [-0.15, -0.1) is 8.80 Å². The van der Waals surface area contributed by atoms with Crippen molar-refractivity contribution in [2.45, 2.75) is 18.1 Å². The molecule has 3 heterocycles. The zero-order valence-corrected chi connectivity index (χ0v) is 19.9. The van der Waals surface area contributed by atoms with Crippen LogP contribution in [0.15, 0.2) is 42.2 Å². The van der Waals surface area contributed by atoms with Gasteiger partial charge in [-0.2, -0.15) is 31.9 Å². The molecule has 0 aliphatic carbocycles. The number of hydrogen-bond acceptors (Lipinski definition) is 10. The molecule has 1 aliphatic heterocycles. The van der Waals surface area contributed by atoms with Gasteiger partial charge in [-0.3, -0.25) is 0 Å². The van der Waals surface area contributed by atoms with Crippen molar-refractivity contribution in [1.82, 2.24) is 20.7 Å². The van der Waals surface area contributed by atoms with Crippen LogP contribution in [0.3, 0.4) is 0 Å². The largest absolute Gasteiger partial charge is 0.464 e. The molecule has 31 heavy (non-hydrogen) atoms. The van der Waals surface area contributed by atoms with Gasteiger partial charge in [0.15, 0.2) is 11.7 Å². The van der Waals surface area contributed by atoms with Crippen molar-refractivity contribution >= 4 is 45.4 Å². The van der Waals surface area contributed by atoms with E-state index in [1.807, 2.05) is 32.3 Å². The molecule has 0 atom stereocenters. The summed E-state index contributed by atoms with van der Waals surface area (Å²) >= 11 is 3.35. The Kier molecular flexibility index (Phi) is 8.87. The summed E-state index contributed by atoms with van der Waals surface area (Å²) in [6.45, 7) is 1.89. The predicted octanol–water partition coefficient (Wildman–Crippen LogP) is 1.73. The molecule has 0 fully saturated rings. The van der Waals surface area contributed by atoms with E-state index in [4.69, 9.17) is 8.94 Å². The molecule has 2 aromatic heterocycles. The second kappa shape index (κ2) is 11.6. The van der Waals surface area contributed by atoms with Crippen molar-refractivity contribution in [2.24, 2.45) is 8.80 Å². The van der Waals surface area contributed by atoms with E-state index >= 15 is 0 Å². The maximum absolute atomic E-state index is 11.7. The predicted molar refractivity (Wildman–Crippen MR) is 125 cm³/mol. The van der Waals surface area contributed by atoms with Crippen molar-refractivity contribution in [3.8, 4) is 0 Å². The molecule has 13 heteroatoms. The van der Waals surface area contributed by atoms with Crippen molar-refractivity contribution < 1.29 is 17.4 Å². The number of thioether (sulfide) groups is 2. The third-order valence-electron chi connectivity index (χ3n) is 3.89. The Hall–Kier alpha value is -1.96. The van der Waals surface area contributed by atoms with Crippen LogP contribution in [0.4, 0.5) is 0 Å². The van der Waals surface area contributed by atoms with Crippen LogP contribution in [0.5, 0.6) is 0 Å². The first-order valence-electron chi connectivity index (χ1n) is 9.61. The zero-order valence-electron chi connectivity index (χ0n) is 17.4. The lowest BCUT2D eigenvalue weighted by Gasteiger charge is -2.09. The molecular weight excluding hydrogens is 460 g/mol. The topological polar surface area (TPSA) is 125 Å². The van der Waals surface area contributed by atoms with Crippen molar-refractivity contribution in [2.75, 3.05) is 38.7 Å². The summed E-state index contributed by atoms with van der Waals surface area (Å²) in [5, 5.41) is 9.94. The number of amidine groups is 2. The summed E-state index contributed by atoms with van der Waals surface area (Å²) in [6, 6.07) is 5.79. The molecule has 2 N–H and O–H groups in total. The Bertz CT molecular complexity index is 986. The minimum absolute atomic E-state index is 0.256. The minimum Gasteiger partial charge on any atom is -0.464 e. The number of nitrogens with one attached hydrogen (secondary N) is 2. The lowest BCUT2D eigenvalue weighted by Crippen LogP contribution is -2.40. The van der Waals surface area contributed by atoms with Crippen LogP contribution >= 0.6 is 23.5 Å². The fourth-order valence-corrected chi connectivity index (χ4v) is 4.91. The van der Waals surface area contributed by atoms with E-state index in [1.165, 1.54) is 6.26 Å². The van der Waals surface area contributed by atoms with Crippen LogP contribution < -0.4 is 10.6 Å². The highest BCUT2D eigenvalue weighted by Gasteiger charge is 2.23. The Labute approximate surface area is 190 Å². The summed E-state index contributed by atoms with van der Waals surface area (Å²) in [7, 11) is 0.177. The summed E-state index contributed by atoms with van der Waals surface area (Å²) in [6.07, 6.45) is 1.54. The number of aromatic nitrogens is 1. The number of furan rings is 1. The summed E-state index contributed by atoms with van der Waals surface area (Å²) < 4.78 is 41.4. The van der Waals surface area contributed by atoms with Gasteiger partial charge < -0.3 is 24.5 Å². The van der Waals surface area contributed by atoms with Gasteiger partial charge in [0, 0.05) is 36.4 Å². The molecule has 0 spiro atoms. The zero-order chi connectivity index (χ0) is 22.1. The number of rotatable bonds is 12. The molecule has 1 aliphatic rings. The molecule has 0 radical (unpaired) electrons. The van der Waals surface area contributed by atoms with E-state index in [0.717, 1.165) is 46.8 Å². The van der Waals surface area contributed by atoms with Gasteiger partial charge in [-0.05, 0) is 26.2 Å². The lowest BCUT2D eigenvalue weighted by molar-refractivity contribution is 0.344. The molecule has 0 saturated carbocycles. The van der Waals surface area contributed by atoms with E-state index in [2.05, 4.69) is 29.5 Å². The Morgan fingerprint density at radius 2 is 1.61 bits per heavy atom. The van der Waals surface area contributed by atoms with E-state index in [0.29, 0.717) is 13.1 Å². The average Bonchev–Trinajstić information content (AvgIpc) is 3.42. The SMILES string of the molecule is CN(C)Cc1ccc(CSCCNC2=NS(=O)(=O)N=C2NCCSCc2ccon2)o1. The van der Waals surface area contributed by atoms with E-state index < -0.39 is 10.2 Å². The Balaban J connectivity index is 1.34. The fourth-order valence-electron chi connectivity index (χ4n) is 2.61. The highest BCUT2D eigenvalue weighted by molar-refractivity contribution is 7.98. The van der Waals surface area contributed by atoms with Crippen molar-refractivity contribution in [3.63, 3.8) is 0 Å². The summed E-state index contributed by atoms with van der Waals surface area (Å²) in [4.78, 5) is 2.05. The standard InChI is InChI=1S/C18H26N6O4S3/c1-24(2)11-15-3-4-16(28-15)13-30-10-7-20-18-17(22-31(25,26)23-18)19-6-9-29-12-14-5-8-27-21-14/h3-5,8H,6-7,9-13H2,1-2H3,(H,19,22)(H,20,23). The van der Waals surface area contributed by atoms with Gasteiger partial charge in [-0.25, -0.2) is 0 Å². The molecular formula is C18H26N6O4S3. The first-order chi connectivity index (χ1) is 14.9. The van der Waals surface area contributed by atoms with E-state index in [1.54, 1.807) is 23.5 Å². The van der Waals surface area contributed by atoms with Gasteiger partial charge in [0.25, 0.3) is 0 Å². The molecule has 0 saturated heterocycles. The van der Waals surface area contributed by atoms with Crippen LogP contribution in [0, 0.1) is 0 Å². The van der Waals surface area contributed by atoms with Crippen LogP contribution in [0.1, 0.15) is 17.2 Å². The maximum Gasteiger partial charge on any atom is 0.367 e. The van der Waals surface area contributed by atoms with E-state index in [9.17, 15) is 8.42 Å². The molecule has 0 unspecified atom stereocenters. The quantitative estimate of drug-likeness (QED) is 0.428. The highest BCUT2D eigenvalue weighted by Crippen LogP contribution is 2.16. The van der Waals surface area contributed by atoms with Gasteiger partial charge in [0.2, 0.25) is 0 Å². The molecule has 170 valence electrons. The monoisotopic (exact) mass is 486 g/mol. The normalized spacial score (nSPS) is 15.2. The number of nitrogens with zero attached hydrogens (tertiary/aromatic N) is 4. The molecule has 0 amide bonds. The van der Waals surface area contributed by atoms with Gasteiger partial charge in [-0.1, -0.05) is 5.16 Å². The van der Waals surface area contributed by atoms with Crippen molar-refractivity contribution in [1.29, 1.82) is 0 Å². The fraction of sp³-hybridized carbons (Fsp3) is 0.500.